The number of amides is 1. The molecule has 4 nitrogen and oxygen atoms in total. The van der Waals surface area contributed by atoms with Crippen molar-refractivity contribution < 1.29 is 4.79 Å². The van der Waals surface area contributed by atoms with Gasteiger partial charge < -0.3 is 11.1 Å². The van der Waals surface area contributed by atoms with Gasteiger partial charge in [-0.3, -0.25) is 9.69 Å². The quantitative estimate of drug-likeness (QED) is 0.690. The molecule has 0 unspecified atom stereocenters. The van der Waals surface area contributed by atoms with Gasteiger partial charge in [0, 0.05) is 25.7 Å². The molecule has 0 aromatic heterocycles. The molecule has 0 spiro atoms. The molecule has 1 aliphatic carbocycles. The van der Waals surface area contributed by atoms with Crippen LogP contribution in [-0.4, -0.2) is 43.0 Å². The third-order valence-corrected chi connectivity index (χ3v) is 3.51. The molecule has 1 amide bonds. The van der Waals surface area contributed by atoms with Gasteiger partial charge in [0.25, 0.3) is 0 Å². The molecule has 96 valence electrons. The number of hydrogen-bond donors (Lipinski definition) is 2. The summed E-state index contributed by atoms with van der Waals surface area (Å²) in [5.74, 6) is 0.133. The van der Waals surface area contributed by atoms with Crippen molar-refractivity contribution in [1.29, 1.82) is 0 Å². The Bertz CT molecular complexity index is 295. The molecule has 4 heteroatoms. The van der Waals surface area contributed by atoms with Gasteiger partial charge in [0.05, 0.1) is 6.54 Å². The Hall–Kier alpha value is -0.870. The summed E-state index contributed by atoms with van der Waals surface area (Å²) in [6.45, 7) is 3.01. The molecule has 1 fully saturated rings. The number of carbonyl (C=O) groups excluding carboxylic acids is 1. The molecule has 0 aromatic carbocycles. The fourth-order valence-electron chi connectivity index (χ4n) is 2.49. The maximum absolute atomic E-state index is 11.6. The molecular weight excluding hydrogens is 214 g/mol. The smallest absolute Gasteiger partial charge is 0.234 e. The summed E-state index contributed by atoms with van der Waals surface area (Å²) in [4.78, 5) is 13.7. The maximum Gasteiger partial charge on any atom is 0.234 e. The SMILES string of the molecule is NC1CN(CC(=O)NCCC2=CCCCC2)C1. The number of rotatable bonds is 5. The van der Waals surface area contributed by atoms with Crippen molar-refractivity contribution in [3.63, 3.8) is 0 Å². The highest BCUT2D eigenvalue weighted by Crippen LogP contribution is 2.19. The second-order valence-electron chi connectivity index (χ2n) is 5.16. The van der Waals surface area contributed by atoms with Crippen LogP contribution in [0.1, 0.15) is 32.1 Å². The molecule has 0 aromatic rings. The van der Waals surface area contributed by atoms with E-state index in [4.69, 9.17) is 5.73 Å². The normalized spacial score (nSPS) is 21.8. The summed E-state index contributed by atoms with van der Waals surface area (Å²) in [5, 5.41) is 2.98. The monoisotopic (exact) mass is 237 g/mol. The van der Waals surface area contributed by atoms with Gasteiger partial charge in [-0.15, -0.1) is 0 Å². The van der Waals surface area contributed by atoms with Crippen LogP contribution in [0.25, 0.3) is 0 Å². The van der Waals surface area contributed by atoms with Crippen LogP contribution in [0.5, 0.6) is 0 Å². The molecular formula is C13H23N3O. The Labute approximate surface area is 103 Å². The maximum atomic E-state index is 11.6. The lowest BCUT2D eigenvalue weighted by molar-refractivity contribution is -0.123. The lowest BCUT2D eigenvalue weighted by Crippen LogP contribution is -2.57. The highest BCUT2D eigenvalue weighted by Gasteiger charge is 2.24. The van der Waals surface area contributed by atoms with Crippen molar-refractivity contribution in [1.82, 2.24) is 10.2 Å². The number of allylic oxidation sites excluding steroid dienone is 1. The molecule has 2 rings (SSSR count). The Morgan fingerprint density at radius 1 is 1.47 bits per heavy atom. The van der Waals surface area contributed by atoms with Gasteiger partial charge >= 0.3 is 0 Å². The first-order valence-corrected chi connectivity index (χ1v) is 6.66. The zero-order chi connectivity index (χ0) is 12.1. The van der Waals surface area contributed by atoms with E-state index in [9.17, 15) is 4.79 Å². The van der Waals surface area contributed by atoms with E-state index in [-0.39, 0.29) is 11.9 Å². The summed E-state index contributed by atoms with van der Waals surface area (Å²) < 4.78 is 0. The number of nitrogens with one attached hydrogen (secondary N) is 1. The van der Waals surface area contributed by atoms with Crippen LogP contribution in [0.3, 0.4) is 0 Å². The number of carbonyl (C=O) groups is 1. The van der Waals surface area contributed by atoms with Crippen LogP contribution in [0.15, 0.2) is 11.6 Å². The molecule has 0 radical (unpaired) electrons. The number of nitrogens with two attached hydrogens (primary N) is 1. The third kappa shape index (κ3) is 4.13. The minimum Gasteiger partial charge on any atom is -0.355 e. The Morgan fingerprint density at radius 3 is 2.94 bits per heavy atom. The average molecular weight is 237 g/mol. The van der Waals surface area contributed by atoms with E-state index in [1.54, 1.807) is 0 Å². The first-order chi connectivity index (χ1) is 8.24. The predicted octanol–water partition coefficient (Wildman–Crippen LogP) is 0.636. The first-order valence-electron chi connectivity index (χ1n) is 6.66. The molecule has 1 saturated heterocycles. The molecule has 3 N–H and O–H groups in total. The van der Waals surface area contributed by atoms with Crippen LogP contribution < -0.4 is 11.1 Å². The van der Waals surface area contributed by atoms with E-state index in [1.807, 2.05) is 0 Å². The zero-order valence-corrected chi connectivity index (χ0v) is 10.5. The number of hydrogen-bond acceptors (Lipinski definition) is 3. The van der Waals surface area contributed by atoms with Crippen molar-refractivity contribution in [2.24, 2.45) is 5.73 Å². The minimum atomic E-state index is 0.133. The second kappa shape index (κ2) is 6.17. The molecule has 0 saturated carbocycles. The molecule has 0 bridgehead atoms. The molecule has 2 aliphatic rings. The summed E-state index contributed by atoms with van der Waals surface area (Å²) in [6, 6.07) is 0.273. The van der Waals surface area contributed by atoms with Crippen LogP contribution in [0.4, 0.5) is 0 Å². The number of nitrogens with zero attached hydrogens (tertiary/aromatic N) is 1. The zero-order valence-electron chi connectivity index (χ0n) is 10.5. The van der Waals surface area contributed by atoms with Gasteiger partial charge in [-0.1, -0.05) is 11.6 Å². The molecule has 1 aliphatic heterocycles. The Kier molecular flexibility index (Phi) is 4.57. The van der Waals surface area contributed by atoms with E-state index in [0.29, 0.717) is 6.54 Å². The highest BCUT2D eigenvalue weighted by molar-refractivity contribution is 5.78. The van der Waals surface area contributed by atoms with Crippen LogP contribution in [0, 0.1) is 0 Å². The van der Waals surface area contributed by atoms with Gasteiger partial charge in [-0.05, 0) is 32.1 Å². The third-order valence-electron chi connectivity index (χ3n) is 3.51. The van der Waals surface area contributed by atoms with Crippen molar-refractivity contribution in [2.75, 3.05) is 26.2 Å². The molecule has 17 heavy (non-hydrogen) atoms. The Morgan fingerprint density at radius 2 is 2.29 bits per heavy atom. The fourth-order valence-corrected chi connectivity index (χ4v) is 2.49. The van der Waals surface area contributed by atoms with Gasteiger partial charge in [-0.25, -0.2) is 0 Å². The van der Waals surface area contributed by atoms with Gasteiger partial charge in [0.2, 0.25) is 5.91 Å². The number of likely N-dealkylation sites (tertiary alicyclic amines) is 1. The topological polar surface area (TPSA) is 58.4 Å². The van der Waals surface area contributed by atoms with E-state index in [1.165, 1.54) is 31.3 Å². The lowest BCUT2D eigenvalue weighted by Gasteiger charge is -2.36. The fraction of sp³-hybridized carbons (Fsp3) is 0.769. The van der Waals surface area contributed by atoms with Crippen molar-refractivity contribution in [3.05, 3.63) is 11.6 Å². The summed E-state index contributed by atoms with van der Waals surface area (Å²) in [7, 11) is 0. The van der Waals surface area contributed by atoms with E-state index in [0.717, 1.165) is 26.1 Å². The lowest BCUT2D eigenvalue weighted by atomic mass is 9.97. The van der Waals surface area contributed by atoms with Crippen LogP contribution >= 0.6 is 0 Å². The van der Waals surface area contributed by atoms with Crippen LogP contribution in [0.2, 0.25) is 0 Å². The van der Waals surface area contributed by atoms with Gasteiger partial charge in [0.1, 0.15) is 0 Å². The molecule has 0 atom stereocenters. The van der Waals surface area contributed by atoms with E-state index >= 15 is 0 Å². The minimum absolute atomic E-state index is 0.133. The first kappa shape index (κ1) is 12.6. The summed E-state index contributed by atoms with van der Waals surface area (Å²) >= 11 is 0. The standard InChI is InChI=1S/C13H23N3O/c14-12-8-16(9-12)10-13(17)15-7-6-11-4-2-1-3-5-11/h4,12H,1-3,5-10,14H2,(H,15,17). The van der Waals surface area contributed by atoms with Crippen molar-refractivity contribution >= 4 is 5.91 Å². The predicted molar refractivity (Wildman–Crippen MR) is 68.6 cm³/mol. The van der Waals surface area contributed by atoms with E-state index < -0.39 is 0 Å². The van der Waals surface area contributed by atoms with Crippen LogP contribution in [-0.2, 0) is 4.79 Å². The second-order valence-corrected chi connectivity index (χ2v) is 5.16. The Balaban J connectivity index is 1.55. The largest absolute Gasteiger partial charge is 0.355 e. The van der Waals surface area contributed by atoms with Gasteiger partial charge in [0.15, 0.2) is 0 Å². The van der Waals surface area contributed by atoms with Crippen molar-refractivity contribution in [2.45, 2.75) is 38.1 Å². The summed E-state index contributed by atoms with van der Waals surface area (Å²) in [6.07, 6.45) is 8.43. The summed E-state index contributed by atoms with van der Waals surface area (Å²) in [5.41, 5.74) is 7.18. The van der Waals surface area contributed by atoms with E-state index in [2.05, 4.69) is 16.3 Å². The van der Waals surface area contributed by atoms with Crippen molar-refractivity contribution in [3.8, 4) is 0 Å². The van der Waals surface area contributed by atoms with Gasteiger partial charge in [-0.2, -0.15) is 0 Å². The molecule has 1 heterocycles. The average Bonchev–Trinajstić information content (AvgIpc) is 2.28. The highest BCUT2D eigenvalue weighted by atomic mass is 16.2.